The fourth-order valence-electron chi connectivity index (χ4n) is 2.78. The summed E-state index contributed by atoms with van der Waals surface area (Å²) in [5.41, 5.74) is 1.81. The van der Waals surface area contributed by atoms with Gasteiger partial charge < -0.3 is 14.8 Å². The van der Waals surface area contributed by atoms with E-state index in [1.165, 1.54) is 12.4 Å². The molecule has 0 unspecified atom stereocenters. The number of hydrogen-bond acceptors (Lipinski definition) is 7. The highest BCUT2D eigenvalue weighted by Crippen LogP contribution is 2.35. The van der Waals surface area contributed by atoms with Crippen molar-refractivity contribution in [2.24, 2.45) is 0 Å². The molecule has 148 valence electrons. The molecule has 0 aliphatic carbocycles. The molecule has 9 heteroatoms. The predicted molar refractivity (Wildman–Crippen MR) is 115 cm³/mol. The van der Waals surface area contributed by atoms with Crippen LogP contribution in [0.2, 0.25) is 0 Å². The molecule has 2 aromatic carbocycles. The third-order valence-corrected chi connectivity index (χ3v) is 5.46. The van der Waals surface area contributed by atoms with Crippen molar-refractivity contribution in [2.75, 3.05) is 12.4 Å². The van der Waals surface area contributed by atoms with Crippen LogP contribution in [0.15, 0.2) is 46.5 Å². The minimum atomic E-state index is -0.392. The first-order valence-electron chi connectivity index (χ1n) is 8.62. The number of rotatable bonds is 6. The van der Waals surface area contributed by atoms with Crippen LogP contribution in [0.5, 0.6) is 11.5 Å². The Bertz CT molecular complexity index is 1180. The topological polar surface area (TPSA) is 69.2 Å². The maximum Gasteiger partial charge on any atom is 0.163 e. The number of methoxy groups -OCH3 is 1. The number of nitrogens with one attached hydrogen (secondary N) is 1. The Balaban J connectivity index is 1.67. The van der Waals surface area contributed by atoms with Gasteiger partial charge in [-0.1, -0.05) is 15.9 Å². The van der Waals surface area contributed by atoms with Crippen LogP contribution >= 0.6 is 27.3 Å². The van der Waals surface area contributed by atoms with Crippen LogP contribution in [0.4, 0.5) is 15.9 Å². The smallest absolute Gasteiger partial charge is 0.163 e. The molecule has 0 spiro atoms. The molecule has 0 amide bonds. The van der Waals surface area contributed by atoms with E-state index in [0.717, 1.165) is 10.7 Å². The molecule has 4 aromatic rings. The summed E-state index contributed by atoms with van der Waals surface area (Å²) >= 11 is 4.83. The van der Waals surface area contributed by atoms with Crippen molar-refractivity contribution in [2.45, 2.75) is 13.5 Å². The number of benzene rings is 2. The average molecular weight is 475 g/mol. The second-order valence-electron chi connectivity index (χ2n) is 6.14. The lowest BCUT2D eigenvalue weighted by atomic mass is 10.2. The number of nitrogens with zero attached hydrogens (tertiary/aromatic N) is 3. The quantitative estimate of drug-likeness (QED) is 0.390. The van der Waals surface area contributed by atoms with Gasteiger partial charge in [-0.25, -0.2) is 19.3 Å². The van der Waals surface area contributed by atoms with Gasteiger partial charge >= 0.3 is 0 Å². The molecule has 0 bridgehead atoms. The van der Waals surface area contributed by atoms with E-state index >= 15 is 0 Å². The normalized spacial score (nSPS) is 10.9. The molecule has 1 N–H and O–H groups in total. The maximum absolute atomic E-state index is 14.2. The summed E-state index contributed by atoms with van der Waals surface area (Å²) in [7, 11) is 1.56. The summed E-state index contributed by atoms with van der Waals surface area (Å²) in [6.07, 6.45) is 1.42. The molecule has 0 saturated carbocycles. The fourth-order valence-corrected chi connectivity index (χ4v) is 3.71. The third kappa shape index (κ3) is 4.30. The lowest BCUT2D eigenvalue weighted by molar-refractivity contribution is 0.282. The van der Waals surface area contributed by atoms with E-state index < -0.39 is 5.82 Å². The molecule has 0 fully saturated rings. The zero-order valence-electron chi connectivity index (χ0n) is 15.6. The van der Waals surface area contributed by atoms with Crippen molar-refractivity contribution in [1.29, 1.82) is 0 Å². The van der Waals surface area contributed by atoms with Crippen molar-refractivity contribution < 1.29 is 13.9 Å². The second kappa shape index (κ2) is 8.30. The first-order valence-corrected chi connectivity index (χ1v) is 10.3. The van der Waals surface area contributed by atoms with E-state index in [1.54, 1.807) is 42.7 Å². The Morgan fingerprint density at radius 3 is 2.76 bits per heavy atom. The van der Waals surface area contributed by atoms with Crippen molar-refractivity contribution in [3.8, 4) is 11.5 Å². The molecule has 0 radical (unpaired) electrons. The highest BCUT2D eigenvalue weighted by atomic mass is 79.9. The van der Waals surface area contributed by atoms with Crippen LogP contribution in [0.1, 0.15) is 10.7 Å². The summed E-state index contributed by atoms with van der Waals surface area (Å²) < 4.78 is 26.3. The Labute approximate surface area is 178 Å². The third-order valence-electron chi connectivity index (χ3n) is 4.15. The highest BCUT2D eigenvalue weighted by molar-refractivity contribution is 9.10. The molecule has 2 heterocycles. The minimum absolute atomic E-state index is 0.311. The molecule has 2 aromatic heterocycles. The van der Waals surface area contributed by atoms with Gasteiger partial charge in [0, 0.05) is 21.3 Å². The number of ether oxygens (including phenoxy) is 2. The fraction of sp³-hybridized carbons (Fsp3) is 0.150. The molecular weight excluding hydrogens is 459 g/mol. The number of fused-ring (bicyclic) bond motifs is 1. The first kappa shape index (κ1) is 19.5. The van der Waals surface area contributed by atoms with Crippen LogP contribution < -0.4 is 14.8 Å². The highest BCUT2D eigenvalue weighted by Gasteiger charge is 2.14. The van der Waals surface area contributed by atoms with Crippen molar-refractivity contribution in [1.82, 2.24) is 15.0 Å². The van der Waals surface area contributed by atoms with Gasteiger partial charge in [-0.3, -0.25) is 0 Å². The molecule has 0 aliphatic heterocycles. The van der Waals surface area contributed by atoms with Gasteiger partial charge in [0.1, 0.15) is 24.6 Å². The van der Waals surface area contributed by atoms with E-state index in [2.05, 4.69) is 36.2 Å². The summed E-state index contributed by atoms with van der Waals surface area (Å²) in [6, 6.07) is 8.33. The van der Waals surface area contributed by atoms with Gasteiger partial charge in [0.05, 0.1) is 29.0 Å². The van der Waals surface area contributed by atoms with Crippen LogP contribution in [-0.2, 0) is 6.61 Å². The summed E-state index contributed by atoms with van der Waals surface area (Å²) in [6.45, 7) is 2.27. The minimum Gasteiger partial charge on any atom is -0.493 e. The average Bonchev–Trinajstić information content (AvgIpc) is 3.13. The number of halogens is 2. The van der Waals surface area contributed by atoms with Gasteiger partial charge in [0.2, 0.25) is 0 Å². The SMILES string of the molecule is COc1cc2c(Nc3ccc(Br)cc3F)ncnc2cc1OCc1csc(C)n1. The maximum atomic E-state index is 14.2. The summed E-state index contributed by atoms with van der Waals surface area (Å²) in [4.78, 5) is 13.0. The van der Waals surface area contributed by atoms with Crippen LogP contribution in [0.3, 0.4) is 0 Å². The van der Waals surface area contributed by atoms with E-state index in [4.69, 9.17) is 9.47 Å². The molecule has 0 aliphatic rings. The summed E-state index contributed by atoms with van der Waals surface area (Å²) in [5.74, 6) is 1.15. The van der Waals surface area contributed by atoms with E-state index in [0.29, 0.717) is 45.0 Å². The first-order chi connectivity index (χ1) is 14.0. The van der Waals surface area contributed by atoms with Crippen molar-refractivity contribution in [3.05, 3.63) is 63.0 Å². The predicted octanol–water partition coefficient (Wildman–Crippen LogP) is 5.63. The van der Waals surface area contributed by atoms with Gasteiger partial charge in [-0.15, -0.1) is 11.3 Å². The molecule has 0 atom stereocenters. The zero-order chi connectivity index (χ0) is 20.4. The Hall–Kier alpha value is -2.78. The number of hydrogen-bond donors (Lipinski definition) is 1. The molecule has 4 rings (SSSR count). The summed E-state index contributed by atoms with van der Waals surface area (Å²) in [5, 5.41) is 6.65. The Morgan fingerprint density at radius 1 is 1.17 bits per heavy atom. The standard InChI is InChI=1S/C20H16BrFN4O2S/c1-11-25-13(9-29-11)8-28-19-7-17-14(6-18(19)27-2)20(24-10-23-17)26-16-4-3-12(21)5-15(16)22/h3-7,9-10H,8H2,1-2H3,(H,23,24,26). The van der Waals surface area contributed by atoms with Crippen LogP contribution in [0.25, 0.3) is 10.9 Å². The van der Waals surface area contributed by atoms with E-state index in [9.17, 15) is 4.39 Å². The largest absolute Gasteiger partial charge is 0.493 e. The van der Waals surface area contributed by atoms with Gasteiger partial charge in [-0.2, -0.15) is 0 Å². The van der Waals surface area contributed by atoms with Gasteiger partial charge in [0.15, 0.2) is 11.5 Å². The van der Waals surface area contributed by atoms with E-state index in [-0.39, 0.29) is 0 Å². The van der Waals surface area contributed by atoms with Gasteiger partial charge in [0.25, 0.3) is 0 Å². The number of aryl methyl sites for hydroxylation is 1. The van der Waals surface area contributed by atoms with Crippen LogP contribution in [-0.4, -0.2) is 22.1 Å². The lowest BCUT2D eigenvalue weighted by Crippen LogP contribution is -2.01. The monoisotopic (exact) mass is 474 g/mol. The Kier molecular flexibility index (Phi) is 5.59. The number of anilines is 2. The molecule has 6 nitrogen and oxygen atoms in total. The molecular formula is C20H16BrFN4O2S. The number of aromatic nitrogens is 3. The number of thiazole rings is 1. The van der Waals surface area contributed by atoms with E-state index in [1.807, 2.05) is 12.3 Å². The lowest BCUT2D eigenvalue weighted by Gasteiger charge is -2.13. The molecule has 29 heavy (non-hydrogen) atoms. The van der Waals surface area contributed by atoms with Crippen molar-refractivity contribution in [3.63, 3.8) is 0 Å². The Morgan fingerprint density at radius 2 is 2.03 bits per heavy atom. The zero-order valence-corrected chi connectivity index (χ0v) is 18.0. The second-order valence-corrected chi connectivity index (χ2v) is 8.12. The van der Waals surface area contributed by atoms with Gasteiger partial charge in [-0.05, 0) is 31.2 Å². The van der Waals surface area contributed by atoms with Crippen LogP contribution in [0, 0.1) is 12.7 Å². The van der Waals surface area contributed by atoms with Crippen molar-refractivity contribution >= 4 is 49.7 Å². The molecule has 0 saturated heterocycles.